The molecule has 32 nitrogen and oxygen atoms in total. The van der Waals surface area contributed by atoms with E-state index in [1.165, 1.54) is 0 Å². The number of aliphatic carboxylic acids is 1. The highest BCUT2D eigenvalue weighted by molar-refractivity contribution is 5.77. The Hall–Kier alpha value is -3.08. The molecule has 0 radical (unpaired) electrons. The number of rotatable bonds is 23. The molecule has 0 aromatic carbocycles. The average molecular weight is 1040 g/mol. The number of ether oxygens (including phenoxy) is 8. The van der Waals surface area contributed by atoms with Crippen LogP contribution in [0.2, 0.25) is 0 Å². The van der Waals surface area contributed by atoms with E-state index >= 15 is 0 Å². The van der Waals surface area contributed by atoms with E-state index in [0.29, 0.717) is 0 Å². The Morgan fingerprint density at radius 2 is 1.13 bits per heavy atom. The van der Waals surface area contributed by atoms with Gasteiger partial charge in [-0.1, -0.05) is 0 Å². The zero-order chi connectivity index (χ0) is 53.4. The van der Waals surface area contributed by atoms with Crippen LogP contribution in [-0.4, -0.2) is 303 Å². The number of carbonyl (C=O) groups excluding carboxylic acids is 3. The van der Waals surface area contributed by atoms with Crippen LogP contribution in [0.1, 0.15) is 27.2 Å². The maximum absolute atomic E-state index is 13.1. The molecule has 20 N–H and O–H groups in total. The first kappa shape index (κ1) is 60.5. The molecule has 3 amide bonds. The van der Waals surface area contributed by atoms with Crippen molar-refractivity contribution >= 4 is 23.7 Å². The van der Waals surface area contributed by atoms with Crippen LogP contribution in [0.25, 0.3) is 0 Å². The van der Waals surface area contributed by atoms with Crippen molar-refractivity contribution in [1.29, 1.82) is 0 Å². The number of carboxylic acid groups (broad SMARTS) is 1. The topological polar surface area (TPSA) is 522 Å². The highest BCUT2D eigenvalue weighted by atomic mass is 16.8. The van der Waals surface area contributed by atoms with Gasteiger partial charge in [-0.2, -0.15) is 0 Å². The second-order valence-electron chi connectivity index (χ2n) is 17.4. The van der Waals surface area contributed by atoms with E-state index in [4.69, 9.17) is 37.9 Å². The SMILES string of the molecule is CC(=O)N[C@H]1[C@H](OC[C@H]2O[C@@H](O[C@@H]([C@H](O)[C@@H](O)CO)[C@H](O)CO)[C@H](O)[C@@H](O[C@]3(C(=O)O)C[C@H](O)[C@@H](NC(C)=O)[C@H]([C@H](O)[C@H](O)CO)O3)[C@H]2O)O[C@H](CO)[C@@H](O[C@@H]2O[C@H](CO)[C@H](O)[C@H](O)[C@H]2NC(C)=O)[C@@H]1O. The van der Waals surface area contributed by atoms with Crippen LogP contribution in [0.3, 0.4) is 0 Å². The summed E-state index contributed by atoms with van der Waals surface area (Å²) in [5.41, 5.74) is 0. The van der Waals surface area contributed by atoms with Gasteiger partial charge in [0.15, 0.2) is 18.9 Å². The van der Waals surface area contributed by atoms with Gasteiger partial charge < -0.3 is 141 Å². The number of carbonyl (C=O) groups is 4. The Kier molecular flexibility index (Phi) is 22.5. The lowest BCUT2D eigenvalue weighted by atomic mass is 9.88. The first-order chi connectivity index (χ1) is 33.3. The smallest absolute Gasteiger partial charge is 0.364 e. The fraction of sp³-hybridized carbons (Fsp3) is 0.897. The molecule has 4 saturated heterocycles. The zero-order valence-corrected chi connectivity index (χ0v) is 38.3. The lowest BCUT2D eigenvalue weighted by Gasteiger charge is -2.50. The van der Waals surface area contributed by atoms with Gasteiger partial charge in [0.2, 0.25) is 17.7 Å². The Bertz CT molecular complexity index is 1730. The summed E-state index contributed by atoms with van der Waals surface area (Å²) < 4.78 is 45.9. The van der Waals surface area contributed by atoms with Crippen LogP contribution in [0, 0.1) is 0 Å². The molecule has 25 atom stereocenters. The minimum Gasteiger partial charge on any atom is -0.477 e. The maximum Gasteiger partial charge on any atom is 0.364 e. The van der Waals surface area contributed by atoms with Crippen molar-refractivity contribution in [3.8, 4) is 0 Å². The molecule has 0 aromatic heterocycles. The third kappa shape index (κ3) is 14.2. The first-order valence-corrected chi connectivity index (χ1v) is 22.1. The summed E-state index contributed by atoms with van der Waals surface area (Å²) in [6, 6.07) is -5.01. The second kappa shape index (κ2) is 26.4. The van der Waals surface area contributed by atoms with Crippen LogP contribution in [-0.2, 0) is 57.1 Å². The van der Waals surface area contributed by atoms with Gasteiger partial charge in [-0.15, -0.1) is 0 Å². The summed E-state index contributed by atoms with van der Waals surface area (Å²) in [4.78, 5) is 49.8. The van der Waals surface area contributed by atoms with Crippen LogP contribution in [0.5, 0.6) is 0 Å². The highest BCUT2D eigenvalue weighted by Crippen LogP contribution is 2.39. The van der Waals surface area contributed by atoms with Crippen LogP contribution in [0.4, 0.5) is 0 Å². The van der Waals surface area contributed by atoms with Crippen LogP contribution in [0.15, 0.2) is 0 Å². The summed E-state index contributed by atoms with van der Waals surface area (Å²) in [5.74, 6) is -7.86. The van der Waals surface area contributed by atoms with Gasteiger partial charge in [-0.05, 0) is 0 Å². The quantitative estimate of drug-likeness (QED) is 0.0452. The monoisotopic (exact) mass is 1040 g/mol. The fourth-order valence-electron chi connectivity index (χ4n) is 8.44. The van der Waals surface area contributed by atoms with Crippen molar-refractivity contribution in [2.75, 3.05) is 39.6 Å². The van der Waals surface area contributed by atoms with Crippen molar-refractivity contribution in [3.05, 3.63) is 0 Å². The Labute approximate surface area is 402 Å². The second-order valence-corrected chi connectivity index (χ2v) is 17.4. The molecule has 4 rings (SSSR count). The molecule has 4 aliphatic rings. The van der Waals surface area contributed by atoms with Gasteiger partial charge in [0.05, 0.1) is 51.8 Å². The lowest BCUT2D eigenvalue weighted by Crippen LogP contribution is -2.71. The molecule has 0 aliphatic carbocycles. The number of hydrogen-bond donors (Lipinski definition) is 20. The molecule has 4 heterocycles. The largest absolute Gasteiger partial charge is 0.477 e. The normalized spacial score (nSPS) is 40.3. The van der Waals surface area contributed by atoms with Gasteiger partial charge in [0, 0.05) is 27.2 Å². The van der Waals surface area contributed by atoms with E-state index in [2.05, 4.69) is 16.0 Å². The molecule has 4 fully saturated rings. The third-order valence-corrected chi connectivity index (χ3v) is 12.1. The van der Waals surface area contributed by atoms with Crippen molar-refractivity contribution in [1.82, 2.24) is 16.0 Å². The summed E-state index contributed by atoms with van der Waals surface area (Å²) >= 11 is 0. The summed E-state index contributed by atoms with van der Waals surface area (Å²) in [6.07, 6.45) is -44.4. The summed E-state index contributed by atoms with van der Waals surface area (Å²) in [7, 11) is 0. The van der Waals surface area contributed by atoms with E-state index in [9.17, 15) is 106 Å². The maximum atomic E-state index is 13.1. The van der Waals surface area contributed by atoms with E-state index in [-0.39, 0.29) is 0 Å². The van der Waals surface area contributed by atoms with Crippen molar-refractivity contribution in [2.45, 2.75) is 180 Å². The van der Waals surface area contributed by atoms with Gasteiger partial charge >= 0.3 is 5.97 Å². The van der Waals surface area contributed by atoms with Gasteiger partial charge in [-0.3, -0.25) is 14.4 Å². The Morgan fingerprint density at radius 3 is 1.65 bits per heavy atom. The molecular formula is C39H67N3O29. The number of nitrogens with one attached hydrogen (secondary N) is 3. The minimum atomic E-state index is -3.28. The molecule has 71 heavy (non-hydrogen) atoms. The minimum absolute atomic E-state index is 0.748. The van der Waals surface area contributed by atoms with Gasteiger partial charge in [0.1, 0.15) is 116 Å². The van der Waals surface area contributed by atoms with Gasteiger partial charge in [-0.25, -0.2) is 4.79 Å². The summed E-state index contributed by atoms with van der Waals surface area (Å²) in [5, 5.41) is 187. The van der Waals surface area contributed by atoms with E-state index in [0.717, 1.165) is 20.8 Å². The molecule has 0 saturated carbocycles. The van der Waals surface area contributed by atoms with E-state index < -0.39 is 222 Å². The number of amides is 3. The molecular weight excluding hydrogens is 974 g/mol. The fourth-order valence-corrected chi connectivity index (χ4v) is 8.44. The Balaban J connectivity index is 1.73. The van der Waals surface area contributed by atoms with Crippen LogP contribution >= 0.6 is 0 Å². The molecule has 412 valence electrons. The molecule has 0 unspecified atom stereocenters. The van der Waals surface area contributed by atoms with Crippen LogP contribution < -0.4 is 16.0 Å². The zero-order valence-electron chi connectivity index (χ0n) is 38.3. The predicted molar refractivity (Wildman–Crippen MR) is 221 cm³/mol. The molecule has 32 heteroatoms. The van der Waals surface area contributed by atoms with E-state index in [1.54, 1.807) is 0 Å². The average Bonchev–Trinajstić information content (AvgIpc) is 3.32. The highest BCUT2D eigenvalue weighted by Gasteiger charge is 2.60. The van der Waals surface area contributed by atoms with Crippen molar-refractivity contribution in [2.24, 2.45) is 0 Å². The van der Waals surface area contributed by atoms with Crippen molar-refractivity contribution in [3.63, 3.8) is 0 Å². The third-order valence-electron chi connectivity index (χ3n) is 12.1. The predicted octanol–water partition coefficient (Wildman–Crippen LogP) is -12.7. The summed E-state index contributed by atoms with van der Waals surface area (Å²) in [6.45, 7) is -3.47. The first-order valence-electron chi connectivity index (χ1n) is 22.1. The van der Waals surface area contributed by atoms with Crippen molar-refractivity contribution < 1.29 is 144 Å². The van der Waals surface area contributed by atoms with E-state index in [1.807, 2.05) is 0 Å². The lowest BCUT2D eigenvalue weighted by molar-refractivity contribution is -0.381. The number of aliphatic hydroxyl groups excluding tert-OH is 16. The Morgan fingerprint density at radius 1 is 0.606 bits per heavy atom. The van der Waals surface area contributed by atoms with Gasteiger partial charge in [0.25, 0.3) is 5.79 Å². The standard InChI is InChI=1S/C39H67N3O29/c1-11(48)40-21-14(51)4-39(38(62)63,70-33(21)25(56)16(53)6-44)71-34-27(58)20(67-37(30(34)61)68-31(17(54)7-45)24(55)15(52)5-43)10-64-35-23(42-13(3)50)29(60)32(19(9-47)66-35)69-36-22(41-12(2)49)28(59)26(57)18(8-46)65-36/h14-37,43-47,51-61H,4-10H2,1-3H3,(H,40,48)(H,41,49)(H,42,50)(H,62,63)/t14-,15-,16+,17+,18+,19+,20+,21+,22+,23+,24+,25+,26-,27-,28+,29+,30+,31+,32+,33+,34-,35+,36-,37-,39-/m0/s1. The molecule has 0 spiro atoms. The number of hydrogen-bond acceptors (Lipinski definition) is 28. The molecule has 4 aliphatic heterocycles. The number of aliphatic hydroxyl groups is 16. The number of carboxylic acids is 1. The molecule has 0 aromatic rings. The molecule has 0 bridgehead atoms.